The van der Waals surface area contributed by atoms with Gasteiger partial charge >= 0.3 is 6.18 Å². The molecule has 0 aromatic heterocycles. The molecule has 0 aliphatic carbocycles. The van der Waals surface area contributed by atoms with Crippen LogP contribution in [-0.4, -0.2) is 25.0 Å². The van der Waals surface area contributed by atoms with Gasteiger partial charge in [-0.2, -0.15) is 13.2 Å². The standard InChI is InChI=1S/C12H13F3O2/c1-17-11(12(13,14)15)10(8-16)7-9-5-3-2-4-6-9/h2-6,16H,7-8H2,1H3/b11-10+. The van der Waals surface area contributed by atoms with E-state index in [1.54, 1.807) is 30.3 Å². The molecule has 17 heavy (non-hydrogen) atoms. The van der Waals surface area contributed by atoms with Crippen molar-refractivity contribution in [2.75, 3.05) is 13.7 Å². The van der Waals surface area contributed by atoms with Crippen LogP contribution in [0.1, 0.15) is 5.56 Å². The summed E-state index contributed by atoms with van der Waals surface area (Å²) in [6.07, 6.45) is -4.57. The van der Waals surface area contributed by atoms with Crippen LogP contribution < -0.4 is 0 Å². The molecule has 0 atom stereocenters. The first-order chi connectivity index (χ1) is 7.99. The molecule has 0 bridgehead atoms. The lowest BCUT2D eigenvalue weighted by atomic mass is 10.0. The average molecular weight is 246 g/mol. The van der Waals surface area contributed by atoms with E-state index in [9.17, 15) is 13.2 Å². The number of aliphatic hydroxyl groups excluding tert-OH is 1. The van der Waals surface area contributed by atoms with Crippen molar-refractivity contribution in [2.24, 2.45) is 0 Å². The molecular formula is C12H13F3O2. The van der Waals surface area contributed by atoms with E-state index in [4.69, 9.17) is 5.11 Å². The molecule has 0 fully saturated rings. The minimum atomic E-state index is -4.58. The molecule has 0 heterocycles. The van der Waals surface area contributed by atoms with E-state index in [-0.39, 0.29) is 12.0 Å². The zero-order valence-electron chi connectivity index (χ0n) is 9.29. The van der Waals surface area contributed by atoms with E-state index in [1.807, 2.05) is 0 Å². The minimum Gasteiger partial charge on any atom is -0.492 e. The molecule has 0 saturated carbocycles. The number of aliphatic hydroxyl groups is 1. The summed E-state index contributed by atoms with van der Waals surface area (Å²) in [7, 11) is 0.948. The molecule has 0 saturated heterocycles. The lowest BCUT2D eigenvalue weighted by molar-refractivity contribution is -0.127. The second kappa shape index (κ2) is 5.72. The summed E-state index contributed by atoms with van der Waals surface area (Å²) in [5.41, 5.74) is 0.515. The van der Waals surface area contributed by atoms with Gasteiger partial charge in [0.25, 0.3) is 0 Å². The molecule has 0 unspecified atom stereocenters. The van der Waals surface area contributed by atoms with Crippen LogP contribution in [-0.2, 0) is 11.2 Å². The fourth-order valence-electron chi connectivity index (χ4n) is 1.51. The Morgan fingerprint density at radius 3 is 2.24 bits per heavy atom. The van der Waals surface area contributed by atoms with Crippen molar-refractivity contribution in [1.82, 2.24) is 0 Å². The highest BCUT2D eigenvalue weighted by Gasteiger charge is 2.37. The lowest BCUT2D eigenvalue weighted by Gasteiger charge is -2.15. The molecule has 0 aliphatic heterocycles. The maximum atomic E-state index is 12.6. The highest BCUT2D eigenvalue weighted by atomic mass is 19.4. The Kier molecular flexibility index (Phi) is 4.57. The lowest BCUT2D eigenvalue weighted by Crippen LogP contribution is -2.18. The smallest absolute Gasteiger partial charge is 0.448 e. The summed E-state index contributed by atoms with van der Waals surface area (Å²) in [5.74, 6) is -1.12. The van der Waals surface area contributed by atoms with Gasteiger partial charge in [-0.15, -0.1) is 0 Å². The van der Waals surface area contributed by atoms with Crippen LogP contribution in [0.4, 0.5) is 13.2 Å². The number of halogens is 3. The second-order valence-corrected chi connectivity index (χ2v) is 3.46. The van der Waals surface area contributed by atoms with Gasteiger partial charge in [-0.05, 0) is 12.0 Å². The Hall–Kier alpha value is -1.49. The van der Waals surface area contributed by atoms with Gasteiger partial charge in [0.15, 0.2) is 0 Å². The van der Waals surface area contributed by atoms with Crippen LogP contribution >= 0.6 is 0 Å². The molecule has 1 aromatic rings. The van der Waals surface area contributed by atoms with Crippen molar-refractivity contribution in [3.63, 3.8) is 0 Å². The Morgan fingerprint density at radius 1 is 1.24 bits per heavy atom. The molecule has 1 rings (SSSR count). The predicted molar refractivity (Wildman–Crippen MR) is 57.3 cm³/mol. The Balaban J connectivity index is 3.01. The van der Waals surface area contributed by atoms with Crippen LogP contribution in [0.3, 0.4) is 0 Å². The zero-order chi connectivity index (χ0) is 12.9. The van der Waals surface area contributed by atoms with Gasteiger partial charge in [0.05, 0.1) is 13.7 Å². The largest absolute Gasteiger partial charge is 0.492 e. The van der Waals surface area contributed by atoms with E-state index >= 15 is 0 Å². The van der Waals surface area contributed by atoms with E-state index in [2.05, 4.69) is 4.74 Å². The molecule has 0 spiro atoms. The highest BCUT2D eigenvalue weighted by Crippen LogP contribution is 2.29. The average Bonchev–Trinajstić information content (AvgIpc) is 2.28. The van der Waals surface area contributed by atoms with Crippen molar-refractivity contribution < 1.29 is 23.0 Å². The third-order valence-corrected chi connectivity index (χ3v) is 2.23. The summed E-state index contributed by atoms with van der Waals surface area (Å²) in [5, 5.41) is 9.01. The number of hydrogen-bond donors (Lipinski definition) is 1. The van der Waals surface area contributed by atoms with Gasteiger partial charge in [-0.3, -0.25) is 0 Å². The van der Waals surface area contributed by atoms with Crippen molar-refractivity contribution in [1.29, 1.82) is 0 Å². The third-order valence-electron chi connectivity index (χ3n) is 2.23. The van der Waals surface area contributed by atoms with Crippen LogP contribution in [0.5, 0.6) is 0 Å². The molecular weight excluding hydrogens is 233 g/mol. The number of hydrogen-bond acceptors (Lipinski definition) is 2. The molecule has 1 N–H and O–H groups in total. The summed E-state index contributed by atoms with van der Waals surface area (Å²) < 4.78 is 42.0. The summed E-state index contributed by atoms with van der Waals surface area (Å²) in [6.45, 7) is -0.683. The van der Waals surface area contributed by atoms with E-state index in [0.717, 1.165) is 7.11 Å². The van der Waals surface area contributed by atoms with Crippen molar-refractivity contribution in [2.45, 2.75) is 12.6 Å². The molecule has 0 aliphatic rings. The monoisotopic (exact) mass is 246 g/mol. The Labute approximate surface area is 97.3 Å². The van der Waals surface area contributed by atoms with E-state index in [0.29, 0.717) is 5.56 Å². The van der Waals surface area contributed by atoms with Gasteiger partial charge in [-0.25, -0.2) is 0 Å². The summed E-state index contributed by atoms with van der Waals surface area (Å²) >= 11 is 0. The fourth-order valence-corrected chi connectivity index (χ4v) is 1.51. The third kappa shape index (κ3) is 3.78. The number of methoxy groups -OCH3 is 1. The van der Waals surface area contributed by atoms with E-state index < -0.39 is 18.5 Å². The van der Waals surface area contributed by atoms with Gasteiger partial charge in [-0.1, -0.05) is 30.3 Å². The molecule has 2 nitrogen and oxygen atoms in total. The fraction of sp³-hybridized carbons (Fsp3) is 0.333. The van der Waals surface area contributed by atoms with Crippen molar-refractivity contribution in [3.8, 4) is 0 Å². The van der Waals surface area contributed by atoms with Gasteiger partial charge in [0.2, 0.25) is 5.76 Å². The predicted octanol–water partition coefficient (Wildman–Crippen LogP) is 2.68. The summed E-state index contributed by atoms with van der Waals surface area (Å²) in [6, 6.07) is 8.61. The highest BCUT2D eigenvalue weighted by molar-refractivity contribution is 5.25. The van der Waals surface area contributed by atoms with Crippen molar-refractivity contribution in [3.05, 3.63) is 47.2 Å². The number of alkyl halides is 3. The topological polar surface area (TPSA) is 29.5 Å². The SMILES string of the molecule is CO/C(=C(/CO)Cc1ccccc1)C(F)(F)F. The normalized spacial score (nSPS) is 13.2. The first kappa shape index (κ1) is 13.6. The zero-order valence-corrected chi connectivity index (χ0v) is 9.29. The molecule has 5 heteroatoms. The van der Waals surface area contributed by atoms with Crippen LogP contribution in [0.2, 0.25) is 0 Å². The maximum absolute atomic E-state index is 12.6. The number of ether oxygens (including phenoxy) is 1. The summed E-state index contributed by atoms with van der Waals surface area (Å²) in [4.78, 5) is 0. The number of allylic oxidation sites excluding steroid dienone is 1. The van der Waals surface area contributed by atoms with Gasteiger partial charge < -0.3 is 9.84 Å². The number of rotatable bonds is 4. The van der Waals surface area contributed by atoms with Crippen molar-refractivity contribution >= 4 is 0 Å². The van der Waals surface area contributed by atoms with Gasteiger partial charge in [0.1, 0.15) is 0 Å². The van der Waals surface area contributed by atoms with Crippen LogP contribution in [0.15, 0.2) is 41.7 Å². The first-order valence-corrected chi connectivity index (χ1v) is 4.97. The number of benzene rings is 1. The Bertz CT molecular complexity index is 382. The van der Waals surface area contributed by atoms with Crippen LogP contribution in [0, 0.1) is 0 Å². The molecule has 0 radical (unpaired) electrons. The molecule has 1 aromatic carbocycles. The van der Waals surface area contributed by atoms with Gasteiger partial charge in [0, 0.05) is 5.57 Å². The second-order valence-electron chi connectivity index (χ2n) is 3.46. The minimum absolute atomic E-state index is 0.0139. The van der Waals surface area contributed by atoms with E-state index in [1.165, 1.54) is 0 Å². The van der Waals surface area contributed by atoms with Crippen LogP contribution in [0.25, 0.3) is 0 Å². The molecule has 94 valence electrons. The molecule has 0 amide bonds. The quantitative estimate of drug-likeness (QED) is 0.828. The first-order valence-electron chi connectivity index (χ1n) is 4.97. The maximum Gasteiger partial charge on any atom is 0.448 e. The Morgan fingerprint density at radius 2 is 1.82 bits per heavy atom.